The highest BCUT2D eigenvalue weighted by molar-refractivity contribution is 6.02. The minimum Gasteiger partial charge on any atom is -0.508 e. The molecule has 0 radical (unpaired) electrons. The van der Waals surface area contributed by atoms with Crippen LogP contribution in [0.2, 0.25) is 0 Å². The first-order chi connectivity index (χ1) is 8.31. The van der Waals surface area contributed by atoms with Crippen molar-refractivity contribution >= 4 is 11.6 Å². The summed E-state index contributed by atoms with van der Waals surface area (Å²) < 4.78 is 5.70. The Morgan fingerprint density at radius 2 is 2.06 bits per heavy atom. The molecule has 1 aromatic rings. The molecule has 1 N–H and O–H groups in total. The van der Waals surface area contributed by atoms with Crippen molar-refractivity contribution in [3.63, 3.8) is 0 Å². The second-order valence-corrected chi connectivity index (χ2v) is 5.57. The van der Waals surface area contributed by atoms with Crippen molar-refractivity contribution in [3.05, 3.63) is 18.2 Å². The minimum atomic E-state index is -0.862. The molecule has 0 aliphatic carbocycles. The van der Waals surface area contributed by atoms with Crippen LogP contribution in [0.3, 0.4) is 0 Å². The van der Waals surface area contributed by atoms with Gasteiger partial charge in [0.05, 0.1) is 5.69 Å². The van der Waals surface area contributed by atoms with Gasteiger partial charge in [0.2, 0.25) is 0 Å². The van der Waals surface area contributed by atoms with Gasteiger partial charge in [-0.25, -0.2) is 0 Å². The highest BCUT2D eigenvalue weighted by atomic mass is 16.5. The Morgan fingerprint density at radius 1 is 1.39 bits per heavy atom. The zero-order valence-electron chi connectivity index (χ0n) is 11.2. The molecule has 0 saturated carbocycles. The van der Waals surface area contributed by atoms with Crippen LogP contribution < -0.4 is 9.64 Å². The highest BCUT2D eigenvalue weighted by Crippen LogP contribution is 2.39. The van der Waals surface area contributed by atoms with Crippen LogP contribution in [0.25, 0.3) is 0 Å². The lowest BCUT2D eigenvalue weighted by atomic mass is 10.0. The van der Waals surface area contributed by atoms with Crippen molar-refractivity contribution in [1.29, 1.82) is 0 Å². The van der Waals surface area contributed by atoms with E-state index in [-0.39, 0.29) is 11.7 Å². The molecule has 1 heterocycles. The number of fused-ring (bicyclic) bond motifs is 1. The Kier molecular flexibility index (Phi) is 2.97. The van der Waals surface area contributed by atoms with E-state index in [0.29, 0.717) is 23.9 Å². The maximum Gasteiger partial charge on any atom is 0.270 e. The lowest BCUT2D eigenvalue weighted by molar-refractivity contribution is -0.132. The fourth-order valence-corrected chi connectivity index (χ4v) is 2.10. The zero-order valence-corrected chi connectivity index (χ0v) is 11.2. The topological polar surface area (TPSA) is 49.8 Å². The molecule has 4 nitrogen and oxygen atoms in total. The Morgan fingerprint density at radius 3 is 2.67 bits per heavy atom. The van der Waals surface area contributed by atoms with E-state index in [9.17, 15) is 9.90 Å². The maximum atomic E-state index is 12.4. The van der Waals surface area contributed by atoms with E-state index >= 15 is 0 Å². The van der Waals surface area contributed by atoms with Gasteiger partial charge in [-0.15, -0.1) is 0 Å². The third kappa shape index (κ3) is 2.15. The molecule has 0 unspecified atom stereocenters. The van der Waals surface area contributed by atoms with Gasteiger partial charge in [0.1, 0.15) is 11.5 Å². The smallest absolute Gasteiger partial charge is 0.270 e. The molecule has 18 heavy (non-hydrogen) atoms. The average molecular weight is 249 g/mol. The molecule has 1 aliphatic heterocycles. The molecular formula is C14H19NO3. The van der Waals surface area contributed by atoms with E-state index in [1.54, 1.807) is 36.9 Å². The van der Waals surface area contributed by atoms with Gasteiger partial charge in [-0.05, 0) is 31.9 Å². The molecule has 0 fully saturated rings. The number of carbonyl (C=O) groups excluding carboxylic acids is 1. The van der Waals surface area contributed by atoms with Crippen LogP contribution in [0.4, 0.5) is 5.69 Å². The largest absolute Gasteiger partial charge is 0.508 e. The molecule has 2 rings (SSSR count). The van der Waals surface area contributed by atoms with E-state index in [2.05, 4.69) is 13.8 Å². The van der Waals surface area contributed by atoms with E-state index in [1.807, 2.05) is 0 Å². The van der Waals surface area contributed by atoms with Gasteiger partial charge in [-0.1, -0.05) is 13.8 Å². The molecule has 4 heteroatoms. The highest BCUT2D eigenvalue weighted by Gasteiger charge is 2.41. The number of carbonyl (C=O) groups is 1. The molecule has 0 aromatic heterocycles. The van der Waals surface area contributed by atoms with Crippen LogP contribution in [0.5, 0.6) is 11.5 Å². The van der Waals surface area contributed by atoms with Crippen molar-refractivity contribution < 1.29 is 14.6 Å². The fourth-order valence-electron chi connectivity index (χ4n) is 2.10. The first kappa shape index (κ1) is 12.7. The number of amides is 1. The lowest BCUT2D eigenvalue weighted by Crippen LogP contribution is -2.53. The van der Waals surface area contributed by atoms with E-state index in [1.165, 1.54) is 0 Å². The molecule has 0 bridgehead atoms. The second kappa shape index (κ2) is 4.19. The standard InChI is InChI=1S/C14H19NO3/c1-9(2)8-15-11-7-10(16)5-6-12(11)18-14(3,4)13(15)17/h5-7,9,16H,8H2,1-4H3. The predicted octanol–water partition coefficient (Wildman–Crippen LogP) is 2.55. The van der Waals surface area contributed by atoms with E-state index < -0.39 is 5.60 Å². The molecule has 0 atom stereocenters. The fraction of sp³-hybridized carbons (Fsp3) is 0.500. The number of ether oxygens (including phenoxy) is 1. The number of nitrogens with zero attached hydrogens (tertiary/aromatic N) is 1. The summed E-state index contributed by atoms with van der Waals surface area (Å²) in [5.41, 5.74) is -0.216. The third-order valence-electron chi connectivity index (χ3n) is 2.91. The predicted molar refractivity (Wildman–Crippen MR) is 70.0 cm³/mol. The van der Waals surface area contributed by atoms with Crippen molar-refractivity contribution in [2.45, 2.75) is 33.3 Å². The number of anilines is 1. The minimum absolute atomic E-state index is 0.0747. The molecule has 1 amide bonds. The monoisotopic (exact) mass is 249 g/mol. The Balaban J connectivity index is 2.49. The van der Waals surface area contributed by atoms with Gasteiger partial charge in [-0.3, -0.25) is 4.79 Å². The summed E-state index contributed by atoms with van der Waals surface area (Å²) in [5.74, 6) is 1.05. The van der Waals surface area contributed by atoms with Gasteiger partial charge >= 0.3 is 0 Å². The van der Waals surface area contributed by atoms with Gasteiger partial charge in [0.25, 0.3) is 5.91 Å². The average Bonchev–Trinajstić information content (AvgIpc) is 2.25. The number of phenolic OH excluding ortho intramolecular Hbond substituents is 1. The normalized spacial score (nSPS) is 17.6. The van der Waals surface area contributed by atoms with Crippen LogP contribution in [0.15, 0.2) is 18.2 Å². The van der Waals surface area contributed by atoms with Crippen LogP contribution in [0, 0.1) is 5.92 Å². The quantitative estimate of drug-likeness (QED) is 0.876. The molecule has 1 aromatic carbocycles. The first-order valence-electron chi connectivity index (χ1n) is 6.15. The first-order valence-corrected chi connectivity index (χ1v) is 6.15. The summed E-state index contributed by atoms with van der Waals surface area (Å²) in [6.07, 6.45) is 0. The molecular weight excluding hydrogens is 230 g/mol. The SMILES string of the molecule is CC(C)CN1C(=O)C(C)(C)Oc2ccc(O)cc21. The number of aromatic hydroxyl groups is 1. The van der Waals surface area contributed by atoms with Crippen molar-refractivity contribution in [2.75, 3.05) is 11.4 Å². The van der Waals surface area contributed by atoms with Gasteiger partial charge in [0.15, 0.2) is 5.60 Å². The van der Waals surface area contributed by atoms with Gasteiger partial charge in [-0.2, -0.15) is 0 Å². The van der Waals surface area contributed by atoms with Gasteiger partial charge in [0, 0.05) is 12.6 Å². The summed E-state index contributed by atoms with van der Waals surface area (Å²) in [7, 11) is 0. The van der Waals surface area contributed by atoms with Crippen LogP contribution in [-0.2, 0) is 4.79 Å². The molecule has 0 spiro atoms. The van der Waals surface area contributed by atoms with Crippen LogP contribution >= 0.6 is 0 Å². The van der Waals surface area contributed by atoms with Crippen molar-refractivity contribution in [2.24, 2.45) is 5.92 Å². The number of rotatable bonds is 2. The summed E-state index contributed by atoms with van der Waals surface area (Å²) in [4.78, 5) is 14.1. The van der Waals surface area contributed by atoms with Crippen LogP contribution in [-0.4, -0.2) is 23.2 Å². The molecule has 0 saturated heterocycles. The summed E-state index contributed by atoms with van der Waals surface area (Å²) in [6.45, 7) is 8.25. The molecule has 1 aliphatic rings. The number of hydrogen-bond acceptors (Lipinski definition) is 3. The lowest BCUT2D eigenvalue weighted by Gasteiger charge is -2.39. The van der Waals surface area contributed by atoms with Crippen molar-refractivity contribution in [3.8, 4) is 11.5 Å². The second-order valence-electron chi connectivity index (χ2n) is 5.57. The zero-order chi connectivity index (χ0) is 13.5. The maximum absolute atomic E-state index is 12.4. The third-order valence-corrected chi connectivity index (χ3v) is 2.91. The van der Waals surface area contributed by atoms with Gasteiger partial charge < -0.3 is 14.7 Å². The number of hydrogen-bond donors (Lipinski definition) is 1. The Labute approximate surface area is 107 Å². The summed E-state index contributed by atoms with van der Waals surface area (Å²) in [6, 6.07) is 4.84. The van der Waals surface area contributed by atoms with E-state index in [0.717, 1.165) is 0 Å². The van der Waals surface area contributed by atoms with Crippen molar-refractivity contribution in [1.82, 2.24) is 0 Å². The summed E-state index contributed by atoms with van der Waals surface area (Å²) in [5, 5.41) is 9.56. The number of benzene rings is 1. The molecule has 98 valence electrons. The Hall–Kier alpha value is -1.71. The Bertz CT molecular complexity index is 480. The van der Waals surface area contributed by atoms with Crippen LogP contribution in [0.1, 0.15) is 27.7 Å². The van der Waals surface area contributed by atoms with E-state index in [4.69, 9.17) is 4.74 Å². The number of phenols is 1. The summed E-state index contributed by atoms with van der Waals surface area (Å²) >= 11 is 0.